The van der Waals surface area contributed by atoms with Crippen LogP contribution in [0.25, 0.3) is 0 Å². The van der Waals surface area contributed by atoms with E-state index >= 15 is 0 Å². The molecular formula is C11H18O2S. The van der Waals surface area contributed by atoms with Crippen LogP contribution in [0.3, 0.4) is 0 Å². The van der Waals surface area contributed by atoms with E-state index in [1.165, 1.54) is 5.56 Å². The summed E-state index contributed by atoms with van der Waals surface area (Å²) in [5.74, 6) is 0.221. The third-order valence-electron chi connectivity index (χ3n) is 2.40. The van der Waals surface area contributed by atoms with Crippen LogP contribution in [0.4, 0.5) is 0 Å². The lowest BCUT2D eigenvalue weighted by Crippen LogP contribution is -2.22. The van der Waals surface area contributed by atoms with E-state index in [4.69, 9.17) is 4.74 Å². The topological polar surface area (TPSA) is 29.5 Å². The number of rotatable bonds is 6. The second-order valence-electron chi connectivity index (χ2n) is 3.67. The van der Waals surface area contributed by atoms with Crippen molar-refractivity contribution in [3.8, 4) is 0 Å². The second kappa shape index (κ2) is 6.17. The molecule has 1 N–H and O–H groups in total. The van der Waals surface area contributed by atoms with E-state index in [1.54, 1.807) is 18.4 Å². The Kier molecular flexibility index (Phi) is 5.15. The summed E-state index contributed by atoms with van der Waals surface area (Å²) < 4.78 is 5.00. The minimum atomic E-state index is -0.255. The predicted molar refractivity (Wildman–Crippen MR) is 59.7 cm³/mol. The normalized spacial score (nSPS) is 15.4. The Balaban J connectivity index is 2.24. The van der Waals surface area contributed by atoms with Gasteiger partial charge in [-0.3, -0.25) is 0 Å². The fourth-order valence-corrected chi connectivity index (χ4v) is 2.11. The quantitative estimate of drug-likeness (QED) is 0.787. The Morgan fingerprint density at radius 3 is 2.93 bits per heavy atom. The molecule has 0 radical (unpaired) electrons. The van der Waals surface area contributed by atoms with Crippen molar-refractivity contribution < 1.29 is 9.84 Å². The molecule has 1 aromatic rings. The highest BCUT2D eigenvalue weighted by Crippen LogP contribution is 2.13. The molecule has 3 heteroatoms. The van der Waals surface area contributed by atoms with Crippen molar-refractivity contribution in [2.24, 2.45) is 5.92 Å². The average molecular weight is 214 g/mol. The maximum absolute atomic E-state index is 9.77. The van der Waals surface area contributed by atoms with Gasteiger partial charge in [0.2, 0.25) is 0 Å². The van der Waals surface area contributed by atoms with E-state index in [0.29, 0.717) is 6.61 Å². The van der Waals surface area contributed by atoms with Crippen LogP contribution in [0, 0.1) is 5.92 Å². The predicted octanol–water partition coefficient (Wildman–Crippen LogP) is 2.32. The van der Waals surface area contributed by atoms with Gasteiger partial charge < -0.3 is 9.84 Å². The van der Waals surface area contributed by atoms with Gasteiger partial charge in [0.05, 0.1) is 12.7 Å². The van der Waals surface area contributed by atoms with Crippen LogP contribution in [0.2, 0.25) is 0 Å². The summed E-state index contributed by atoms with van der Waals surface area (Å²) in [5, 5.41) is 14.0. The van der Waals surface area contributed by atoms with Gasteiger partial charge in [-0.25, -0.2) is 0 Å². The van der Waals surface area contributed by atoms with Gasteiger partial charge in [-0.15, -0.1) is 0 Å². The van der Waals surface area contributed by atoms with Crippen LogP contribution in [0.15, 0.2) is 16.8 Å². The molecule has 14 heavy (non-hydrogen) atoms. The molecule has 1 aromatic heterocycles. The van der Waals surface area contributed by atoms with Gasteiger partial charge in [-0.1, -0.05) is 6.92 Å². The van der Waals surface area contributed by atoms with Crippen molar-refractivity contribution in [3.63, 3.8) is 0 Å². The molecule has 0 saturated heterocycles. The third kappa shape index (κ3) is 3.78. The molecule has 2 unspecified atom stereocenters. The van der Waals surface area contributed by atoms with Crippen LogP contribution in [-0.2, 0) is 11.2 Å². The molecule has 1 rings (SSSR count). The lowest BCUT2D eigenvalue weighted by atomic mass is 10.00. The number of thiophene rings is 1. The first-order chi connectivity index (χ1) is 6.74. The van der Waals surface area contributed by atoms with Crippen molar-refractivity contribution in [3.05, 3.63) is 22.4 Å². The van der Waals surface area contributed by atoms with Gasteiger partial charge in [-0.2, -0.15) is 11.3 Å². The molecule has 0 aliphatic rings. The van der Waals surface area contributed by atoms with Gasteiger partial charge >= 0.3 is 0 Å². The number of hydrogen-bond acceptors (Lipinski definition) is 3. The molecule has 0 bridgehead atoms. The van der Waals surface area contributed by atoms with E-state index in [9.17, 15) is 5.11 Å². The summed E-state index contributed by atoms with van der Waals surface area (Å²) in [5.41, 5.74) is 1.32. The van der Waals surface area contributed by atoms with Crippen molar-refractivity contribution in [1.82, 2.24) is 0 Å². The molecule has 0 aromatic carbocycles. The summed E-state index contributed by atoms with van der Waals surface area (Å²) in [7, 11) is 1.67. The maximum Gasteiger partial charge on any atom is 0.0590 e. The summed E-state index contributed by atoms with van der Waals surface area (Å²) >= 11 is 1.70. The Hall–Kier alpha value is -0.380. The standard InChI is InChI=1S/C11H18O2S/c1-9(7-13-2)11(12)4-3-10-5-6-14-8-10/h5-6,8-9,11-12H,3-4,7H2,1-2H3. The number of methoxy groups -OCH3 is 1. The second-order valence-corrected chi connectivity index (χ2v) is 4.45. The molecule has 80 valence electrons. The number of aliphatic hydroxyl groups is 1. The zero-order valence-electron chi connectivity index (χ0n) is 8.77. The van der Waals surface area contributed by atoms with Crippen molar-refractivity contribution in [1.29, 1.82) is 0 Å². The zero-order chi connectivity index (χ0) is 10.4. The Morgan fingerprint density at radius 2 is 2.36 bits per heavy atom. The molecule has 0 aliphatic carbocycles. The van der Waals surface area contributed by atoms with Gasteiger partial charge in [0.15, 0.2) is 0 Å². The first-order valence-electron chi connectivity index (χ1n) is 4.92. The largest absolute Gasteiger partial charge is 0.393 e. The minimum absolute atomic E-state index is 0.221. The van der Waals surface area contributed by atoms with Crippen LogP contribution in [-0.4, -0.2) is 24.9 Å². The third-order valence-corrected chi connectivity index (χ3v) is 3.13. The molecule has 1 heterocycles. The smallest absolute Gasteiger partial charge is 0.0590 e. The molecule has 2 nitrogen and oxygen atoms in total. The average Bonchev–Trinajstić information content (AvgIpc) is 2.67. The summed E-state index contributed by atoms with van der Waals surface area (Å²) in [6.07, 6.45) is 1.52. The number of aliphatic hydroxyl groups excluding tert-OH is 1. The highest BCUT2D eigenvalue weighted by Gasteiger charge is 2.13. The van der Waals surface area contributed by atoms with Gasteiger partial charge in [-0.05, 0) is 35.2 Å². The van der Waals surface area contributed by atoms with Crippen LogP contribution in [0.1, 0.15) is 18.9 Å². The van der Waals surface area contributed by atoms with E-state index in [2.05, 4.69) is 16.8 Å². The van der Waals surface area contributed by atoms with Crippen LogP contribution < -0.4 is 0 Å². The van der Waals surface area contributed by atoms with E-state index in [-0.39, 0.29) is 12.0 Å². The van der Waals surface area contributed by atoms with Gasteiger partial charge in [0.1, 0.15) is 0 Å². The Bertz CT molecular complexity index is 233. The molecule has 0 saturated carbocycles. The number of aryl methyl sites for hydroxylation is 1. The molecule has 0 amide bonds. The summed E-state index contributed by atoms with van der Waals surface area (Å²) in [6, 6.07) is 2.11. The fourth-order valence-electron chi connectivity index (χ4n) is 1.41. The molecule has 2 atom stereocenters. The first-order valence-corrected chi connectivity index (χ1v) is 5.86. The highest BCUT2D eigenvalue weighted by atomic mass is 32.1. The summed E-state index contributed by atoms with van der Waals surface area (Å²) in [6.45, 7) is 2.65. The lowest BCUT2D eigenvalue weighted by Gasteiger charge is -2.17. The van der Waals surface area contributed by atoms with Crippen molar-refractivity contribution >= 4 is 11.3 Å². The van der Waals surface area contributed by atoms with Gasteiger partial charge in [0, 0.05) is 13.0 Å². The van der Waals surface area contributed by atoms with E-state index in [0.717, 1.165) is 12.8 Å². The lowest BCUT2D eigenvalue weighted by molar-refractivity contribution is 0.0522. The molecular weight excluding hydrogens is 196 g/mol. The van der Waals surface area contributed by atoms with Crippen LogP contribution in [0.5, 0.6) is 0 Å². The van der Waals surface area contributed by atoms with Crippen molar-refractivity contribution in [2.45, 2.75) is 25.9 Å². The monoisotopic (exact) mass is 214 g/mol. The molecule has 0 aliphatic heterocycles. The van der Waals surface area contributed by atoms with Crippen molar-refractivity contribution in [2.75, 3.05) is 13.7 Å². The molecule has 0 spiro atoms. The summed E-state index contributed by atoms with van der Waals surface area (Å²) in [4.78, 5) is 0. The maximum atomic E-state index is 9.77. The molecule has 0 fully saturated rings. The Labute approximate surface area is 89.5 Å². The minimum Gasteiger partial charge on any atom is -0.393 e. The van der Waals surface area contributed by atoms with E-state index in [1.807, 2.05) is 6.92 Å². The number of hydrogen-bond donors (Lipinski definition) is 1. The van der Waals surface area contributed by atoms with Gasteiger partial charge in [0.25, 0.3) is 0 Å². The Morgan fingerprint density at radius 1 is 1.57 bits per heavy atom. The number of ether oxygens (including phenoxy) is 1. The first kappa shape index (κ1) is 11.7. The fraction of sp³-hybridized carbons (Fsp3) is 0.636. The SMILES string of the molecule is COCC(C)C(O)CCc1ccsc1. The zero-order valence-corrected chi connectivity index (χ0v) is 9.59. The van der Waals surface area contributed by atoms with E-state index < -0.39 is 0 Å². The van der Waals surface area contributed by atoms with Crippen LogP contribution >= 0.6 is 11.3 Å². The highest BCUT2D eigenvalue weighted by molar-refractivity contribution is 7.07.